The van der Waals surface area contributed by atoms with Crippen molar-refractivity contribution in [3.05, 3.63) is 0 Å². The van der Waals surface area contributed by atoms with Crippen molar-refractivity contribution < 1.29 is 62.0 Å². The summed E-state index contributed by atoms with van der Waals surface area (Å²) in [7, 11) is -4.96. The first-order valence-corrected chi connectivity index (χ1v) is 12.5. The minimum absolute atomic E-state index is 0. The molecule has 1 N–H and O–H groups in total. The van der Waals surface area contributed by atoms with Gasteiger partial charge in [-0.25, -0.2) is 0 Å². The summed E-state index contributed by atoms with van der Waals surface area (Å²) in [6.07, 6.45) is 11.2. The van der Waals surface area contributed by atoms with Gasteiger partial charge >= 0.3 is 35.5 Å². The van der Waals surface area contributed by atoms with Gasteiger partial charge in [-0.2, -0.15) is 8.42 Å². The molecule has 0 radical (unpaired) electrons. The van der Waals surface area contributed by atoms with Crippen LogP contribution in [0, 0.1) is 0 Å². The van der Waals surface area contributed by atoms with Crippen LogP contribution in [0.5, 0.6) is 0 Å². The van der Waals surface area contributed by atoms with Gasteiger partial charge in [-0.15, -0.1) is 0 Å². The van der Waals surface area contributed by atoms with Crippen molar-refractivity contribution in [2.45, 2.75) is 115 Å². The van der Waals surface area contributed by atoms with E-state index in [1.54, 1.807) is 0 Å². The number of carboxylic acids is 1. The molecule has 30 heavy (non-hydrogen) atoms. The van der Waals surface area contributed by atoms with E-state index in [1.807, 2.05) is 6.92 Å². The smallest absolute Gasteiger partial charge is 0.550 e. The molecule has 0 aliphatic carbocycles. The molecule has 0 saturated carbocycles. The second-order valence-corrected chi connectivity index (χ2v) is 9.52. The van der Waals surface area contributed by atoms with Crippen LogP contribution in [0.2, 0.25) is 0 Å². The molecule has 0 rings (SSSR count). The van der Waals surface area contributed by atoms with E-state index in [0.29, 0.717) is 12.8 Å². The van der Waals surface area contributed by atoms with Crippen molar-refractivity contribution in [1.82, 2.24) is 0 Å². The van der Waals surface area contributed by atoms with Crippen molar-refractivity contribution in [1.29, 1.82) is 0 Å². The fourth-order valence-electron chi connectivity index (χ4n) is 3.37. The Bertz CT molecular complexity index is 566. The molecule has 0 spiro atoms. The SMILES string of the molecule is CCCCCCCCCCCCOC(=O)C(CCCCC)(CC(=O)[O-])S(=O)(=O)O.[Na+]. The maximum absolute atomic E-state index is 12.4. The average molecular weight is 459 g/mol. The molecule has 1 atom stereocenters. The molecule has 0 heterocycles. The summed E-state index contributed by atoms with van der Waals surface area (Å²) in [5.74, 6) is -2.91. The van der Waals surface area contributed by atoms with Crippen molar-refractivity contribution >= 4 is 22.1 Å². The fourth-order valence-corrected chi connectivity index (χ4v) is 4.34. The Labute approximate surface area is 204 Å². The summed E-state index contributed by atoms with van der Waals surface area (Å²) in [6.45, 7) is 4.08. The minimum Gasteiger partial charge on any atom is -0.550 e. The minimum atomic E-state index is -4.96. The second-order valence-electron chi connectivity index (χ2n) is 7.79. The van der Waals surface area contributed by atoms with Crippen LogP contribution in [0.15, 0.2) is 0 Å². The number of rotatable bonds is 19. The van der Waals surface area contributed by atoms with E-state index in [9.17, 15) is 27.7 Å². The number of esters is 1. The second kappa shape index (κ2) is 18.4. The monoisotopic (exact) mass is 458 g/mol. The van der Waals surface area contributed by atoms with Crippen molar-refractivity contribution in [2.75, 3.05) is 6.61 Å². The summed E-state index contributed by atoms with van der Waals surface area (Å²) in [6, 6.07) is 0. The van der Waals surface area contributed by atoms with E-state index in [4.69, 9.17) is 4.74 Å². The molecule has 0 saturated heterocycles. The Kier molecular flexibility index (Phi) is 19.7. The Balaban J connectivity index is 0. The van der Waals surface area contributed by atoms with Gasteiger partial charge < -0.3 is 14.6 Å². The Morgan fingerprint density at radius 2 is 1.27 bits per heavy atom. The molecule has 172 valence electrons. The van der Waals surface area contributed by atoms with E-state index < -0.39 is 33.2 Å². The third-order valence-electron chi connectivity index (χ3n) is 5.21. The summed E-state index contributed by atoms with van der Waals surface area (Å²) in [4.78, 5) is 23.5. The number of carbonyl (C=O) groups is 2. The summed E-state index contributed by atoms with van der Waals surface area (Å²) in [5, 5.41) is 11.1. The number of hydrogen-bond acceptors (Lipinski definition) is 6. The third-order valence-corrected chi connectivity index (χ3v) is 6.71. The summed E-state index contributed by atoms with van der Waals surface area (Å²) >= 11 is 0. The molecule has 0 aromatic carbocycles. The van der Waals surface area contributed by atoms with Crippen molar-refractivity contribution in [3.8, 4) is 0 Å². The van der Waals surface area contributed by atoms with E-state index >= 15 is 0 Å². The molecule has 0 fully saturated rings. The van der Waals surface area contributed by atoms with Crippen LogP contribution < -0.4 is 34.7 Å². The number of ether oxygens (including phenoxy) is 1. The van der Waals surface area contributed by atoms with Gasteiger partial charge in [0.1, 0.15) is 0 Å². The van der Waals surface area contributed by atoms with Crippen molar-refractivity contribution in [3.63, 3.8) is 0 Å². The summed E-state index contributed by atoms with van der Waals surface area (Å²) in [5.41, 5.74) is 0. The van der Waals surface area contributed by atoms with Crippen LogP contribution in [-0.2, 0) is 24.4 Å². The van der Waals surface area contributed by atoms with E-state index in [1.165, 1.54) is 38.5 Å². The largest absolute Gasteiger partial charge is 1.00 e. The Morgan fingerprint density at radius 3 is 1.70 bits per heavy atom. The number of carbonyl (C=O) groups excluding carboxylic acids is 2. The number of aliphatic carboxylic acids is 1. The molecule has 1 unspecified atom stereocenters. The third kappa shape index (κ3) is 13.3. The van der Waals surface area contributed by atoms with E-state index in [2.05, 4.69) is 6.92 Å². The predicted molar refractivity (Wildman–Crippen MR) is 111 cm³/mol. The van der Waals surface area contributed by atoms with Gasteiger partial charge in [0.05, 0.1) is 6.61 Å². The van der Waals surface area contributed by atoms with Gasteiger partial charge in [0.2, 0.25) is 0 Å². The molecule has 0 amide bonds. The van der Waals surface area contributed by atoms with Gasteiger partial charge in [-0.1, -0.05) is 90.9 Å². The quantitative estimate of drug-likeness (QED) is 0.132. The van der Waals surface area contributed by atoms with Crippen LogP contribution in [0.1, 0.15) is 110 Å². The Morgan fingerprint density at radius 1 is 0.833 bits per heavy atom. The predicted octanol–water partition coefficient (Wildman–Crippen LogP) is 0.801. The zero-order chi connectivity index (χ0) is 22.2. The first-order chi connectivity index (χ1) is 13.7. The number of unbranched alkanes of at least 4 members (excludes halogenated alkanes) is 11. The molecule has 0 aliphatic heterocycles. The molecule has 9 heteroatoms. The maximum Gasteiger partial charge on any atom is 1.00 e. The molecule has 7 nitrogen and oxygen atoms in total. The number of hydrogen-bond donors (Lipinski definition) is 1. The molecule has 0 bridgehead atoms. The van der Waals surface area contributed by atoms with E-state index in [0.717, 1.165) is 25.7 Å². The van der Waals surface area contributed by atoms with E-state index in [-0.39, 0.29) is 49.0 Å². The van der Waals surface area contributed by atoms with Crippen LogP contribution in [0.4, 0.5) is 0 Å². The Hall–Kier alpha value is -0.150. The van der Waals surface area contributed by atoms with Gasteiger partial charge in [0, 0.05) is 12.4 Å². The summed E-state index contributed by atoms with van der Waals surface area (Å²) < 4.78 is 36.0. The maximum atomic E-state index is 12.4. The van der Waals surface area contributed by atoms with Crippen LogP contribution in [-0.4, -0.2) is 36.3 Å². The van der Waals surface area contributed by atoms with Crippen LogP contribution in [0.3, 0.4) is 0 Å². The molecular weight excluding hydrogens is 419 g/mol. The zero-order valence-electron chi connectivity index (χ0n) is 19.1. The zero-order valence-corrected chi connectivity index (χ0v) is 21.9. The van der Waals surface area contributed by atoms with Gasteiger partial charge in [-0.05, 0) is 12.8 Å². The van der Waals surface area contributed by atoms with Gasteiger partial charge in [0.25, 0.3) is 10.1 Å². The molecule has 0 aliphatic rings. The van der Waals surface area contributed by atoms with Crippen LogP contribution >= 0.6 is 0 Å². The van der Waals surface area contributed by atoms with Crippen molar-refractivity contribution in [2.24, 2.45) is 0 Å². The first-order valence-electron chi connectivity index (χ1n) is 11.1. The number of carboxylic acid groups (broad SMARTS) is 1. The molecule has 0 aromatic rings. The van der Waals surface area contributed by atoms with Gasteiger partial charge in [0.15, 0.2) is 4.75 Å². The normalized spacial score (nSPS) is 13.3. The average Bonchev–Trinajstić information content (AvgIpc) is 2.64. The molecule has 0 aromatic heterocycles. The van der Waals surface area contributed by atoms with Crippen LogP contribution in [0.25, 0.3) is 0 Å². The van der Waals surface area contributed by atoms with Gasteiger partial charge in [-0.3, -0.25) is 9.35 Å². The topological polar surface area (TPSA) is 121 Å². The first kappa shape index (κ1) is 32.0. The standard InChI is InChI=1S/C21H40O7S.Na/c1-3-5-7-8-9-10-11-12-13-15-17-28-20(24)21(18-19(22)23,29(25,26)27)16-14-6-4-2;/h3-18H2,1-2H3,(H,22,23)(H,25,26,27);/q;+1/p-1. The molecular formula is C21H39NaO7S. The fraction of sp³-hybridized carbons (Fsp3) is 0.905.